The Kier molecular flexibility index (Phi) is 10.6. The summed E-state index contributed by atoms with van der Waals surface area (Å²) in [7, 11) is 0. The second-order valence-electron chi connectivity index (χ2n) is 14.8. The minimum absolute atomic E-state index is 1.10. The highest BCUT2D eigenvalue weighted by Gasteiger charge is 2.17. The summed E-state index contributed by atoms with van der Waals surface area (Å²) in [5.41, 5.74) is 17.3. The fourth-order valence-electron chi connectivity index (χ4n) is 7.87. The van der Waals surface area contributed by atoms with Gasteiger partial charge in [-0.1, -0.05) is 140 Å². The molecule has 0 aromatic heterocycles. The molecule has 0 bridgehead atoms. The van der Waals surface area contributed by atoms with E-state index in [1.54, 1.807) is 0 Å². The van der Waals surface area contributed by atoms with Crippen molar-refractivity contribution >= 4 is 51.2 Å². The number of benzene rings is 9. The maximum atomic E-state index is 2.33. The van der Waals surface area contributed by atoms with E-state index in [1.807, 2.05) is 0 Å². The van der Waals surface area contributed by atoms with E-state index in [0.717, 1.165) is 39.8 Å². The molecule has 0 fully saturated rings. The first-order valence-electron chi connectivity index (χ1n) is 20.2. The summed E-state index contributed by atoms with van der Waals surface area (Å²) < 4.78 is 0. The van der Waals surface area contributed by atoms with Gasteiger partial charge in [0.2, 0.25) is 0 Å². The summed E-state index contributed by atoms with van der Waals surface area (Å²) in [6, 6.07) is 84.4. The van der Waals surface area contributed by atoms with Gasteiger partial charge in [-0.25, -0.2) is 0 Å². The Morgan fingerprint density at radius 3 is 0.712 bits per heavy atom. The number of hydrogen-bond acceptors (Lipinski definition) is 3. The smallest absolute Gasteiger partial charge is 0.0490 e. The van der Waals surface area contributed by atoms with Crippen LogP contribution >= 0.6 is 0 Å². The summed E-state index contributed by atoms with van der Waals surface area (Å²) in [6.45, 7) is 4.33. The molecule has 0 spiro atoms. The molecule has 3 nitrogen and oxygen atoms in total. The maximum absolute atomic E-state index is 2.33. The zero-order valence-corrected chi connectivity index (χ0v) is 33.4. The van der Waals surface area contributed by atoms with Crippen molar-refractivity contribution < 1.29 is 0 Å². The first kappa shape index (κ1) is 37.0. The highest BCUT2D eigenvalue weighted by Crippen LogP contribution is 2.41. The molecule has 9 aromatic rings. The summed E-state index contributed by atoms with van der Waals surface area (Å²) in [5.74, 6) is 0. The van der Waals surface area contributed by atoms with Crippen LogP contribution in [0.1, 0.15) is 11.1 Å². The molecule has 0 aliphatic carbocycles. The van der Waals surface area contributed by atoms with Gasteiger partial charge >= 0.3 is 0 Å². The van der Waals surface area contributed by atoms with Crippen molar-refractivity contribution in [2.45, 2.75) is 13.8 Å². The zero-order chi connectivity index (χ0) is 40.0. The Bertz CT molecular complexity index is 2570. The third-order valence-corrected chi connectivity index (χ3v) is 10.9. The van der Waals surface area contributed by atoms with Crippen LogP contribution in [0.15, 0.2) is 237 Å². The third-order valence-electron chi connectivity index (χ3n) is 10.9. The average Bonchev–Trinajstić information content (AvgIpc) is 3.30. The Hall–Kier alpha value is -7.62. The van der Waals surface area contributed by atoms with Crippen LogP contribution in [-0.2, 0) is 0 Å². The van der Waals surface area contributed by atoms with Gasteiger partial charge in [-0.3, -0.25) is 0 Å². The molecule has 9 rings (SSSR count). The number of hydrogen-bond donors (Lipinski definition) is 0. The summed E-state index contributed by atoms with van der Waals surface area (Å²) in [4.78, 5) is 6.97. The van der Waals surface area contributed by atoms with Gasteiger partial charge in [-0.05, 0) is 144 Å². The molecule has 0 N–H and O–H groups in total. The molecule has 0 saturated heterocycles. The van der Waals surface area contributed by atoms with E-state index in [4.69, 9.17) is 0 Å². The number of rotatable bonds is 11. The number of aryl methyl sites for hydroxylation is 2. The first-order chi connectivity index (χ1) is 29.1. The topological polar surface area (TPSA) is 9.72 Å². The molecule has 0 radical (unpaired) electrons. The lowest BCUT2D eigenvalue weighted by Gasteiger charge is -2.27. The lowest BCUT2D eigenvalue weighted by atomic mass is 10.0. The van der Waals surface area contributed by atoms with Crippen LogP contribution in [0.2, 0.25) is 0 Å². The minimum Gasteiger partial charge on any atom is -0.311 e. The van der Waals surface area contributed by atoms with Crippen molar-refractivity contribution in [2.75, 3.05) is 14.7 Å². The van der Waals surface area contributed by atoms with Crippen LogP contribution in [-0.4, -0.2) is 0 Å². The van der Waals surface area contributed by atoms with Gasteiger partial charge in [0.15, 0.2) is 0 Å². The van der Waals surface area contributed by atoms with Crippen molar-refractivity contribution in [2.24, 2.45) is 0 Å². The molecule has 0 aliphatic rings. The van der Waals surface area contributed by atoms with Gasteiger partial charge in [0.05, 0.1) is 0 Å². The summed E-state index contributed by atoms with van der Waals surface area (Å²) in [6.07, 6.45) is 0. The SMILES string of the molecule is Cc1ccccc1N(c1ccccc1)c1ccc(-c2ccc(N(c3ccccc3)c3ccc(-c4ccc(N(c5ccccc5)c5ccccc5C)cc4)cc3)cc2)cc1. The predicted molar refractivity (Wildman–Crippen MR) is 251 cm³/mol. The zero-order valence-electron chi connectivity index (χ0n) is 33.4. The molecular formula is C56H45N3. The van der Waals surface area contributed by atoms with E-state index in [2.05, 4.69) is 265 Å². The van der Waals surface area contributed by atoms with Crippen LogP contribution in [0.25, 0.3) is 22.3 Å². The van der Waals surface area contributed by atoms with Gasteiger partial charge in [-0.15, -0.1) is 0 Å². The van der Waals surface area contributed by atoms with E-state index in [1.165, 1.54) is 44.8 Å². The predicted octanol–water partition coefficient (Wildman–Crippen LogP) is 16.0. The van der Waals surface area contributed by atoms with Crippen LogP contribution in [0, 0.1) is 13.8 Å². The Morgan fingerprint density at radius 2 is 0.424 bits per heavy atom. The quantitative estimate of drug-likeness (QED) is 0.130. The molecule has 0 heterocycles. The molecule has 59 heavy (non-hydrogen) atoms. The highest BCUT2D eigenvalue weighted by atomic mass is 15.2. The van der Waals surface area contributed by atoms with Crippen LogP contribution in [0.3, 0.4) is 0 Å². The van der Waals surface area contributed by atoms with Gasteiger partial charge in [-0.2, -0.15) is 0 Å². The molecule has 9 aromatic carbocycles. The Labute approximate surface area is 348 Å². The monoisotopic (exact) mass is 759 g/mol. The van der Waals surface area contributed by atoms with E-state index < -0.39 is 0 Å². The van der Waals surface area contributed by atoms with Crippen LogP contribution in [0.4, 0.5) is 51.2 Å². The van der Waals surface area contributed by atoms with E-state index in [0.29, 0.717) is 0 Å². The van der Waals surface area contributed by atoms with Gasteiger partial charge in [0, 0.05) is 51.2 Å². The molecule has 0 atom stereocenters. The summed E-state index contributed by atoms with van der Waals surface area (Å²) >= 11 is 0. The fraction of sp³-hybridized carbons (Fsp3) is 0.0357. The van der Waals surface area contributed by atoms with Crippen molar-refractivity contribution in [3.63, 3.8) is 0 Å². The molecule has 0 amide bonds. The molecule has 0 aliphatic heterocycles. The lowest BCUT2D eigenvalue weighted by Crippen LogP contribution is -2.11. The van der Waals surface area contributed by atoms with Crippen molar-refractivity contribution in [3.05, 3.63) is 248 Å². The van der Waals surface area contributed by atoms with Crippen molar-refractivity contribution in [1.82, 2.24) is 0 Å². The third kappa shape index (κ3) is 7.87. The van der Waals surface area contributed by atoms with Crippen LogP contribution in [0.5, 0.6) is 0 Å². The molecular weight excluding hydrogens is 715 g/mol. The Balaban J connectivity index is 0.978. The average molecular weight is 760 g/mol. The van der Waals surface area contributed by atoms with Crippen molar-refractivity contribution in [3.8, 4) is 22.3 Å². The molecule has 284 valence electrons. The van der Waals surface area contributed by atoms with E-state index in [9.17, 15) is 0 Å². The normalized spacial score (nSPS) is 10.9. The van der Waals surface area contributed by atoms with Gasteiger partial charge in [0.25, 0.3) is 0 Å². The lowest BCUT2D eigenvalue weighted by molar-refractivity contribution is 1.25. The molecule has 0 unspecified atom stereocenters. The molecule has 3 heteroatoms. The standard InChI is InChI=1S/C56H45N3/c1-42-16-12-14-24-55(42)58(49-20-8-4-9-21-49)53-38-30-46(31-39-53)44-26-34-51(35-27-44)57(48-18-6-3-7-19-48)52-36-28-45(29-37-52)47-32-40-54(41-33-47)59(50-22-10-5-11-23-50)56-25-15-13-17-43(56)2/h3-41H,1-2H3. The number of anilines is 9. The van der Waals surface area contributed by atoms with E-state index in [-0.39, 0.29) is 0 Å². The van der Waals surface area contributed by atoms with Crippen molar-refractivity contribution in [1.29, 1.82) is 0 Å². The fourth-order valence-corrected chi connectivity index (χ4v) is 7.87. The maximum Gasteiger partial charge on any atom is 0.0490 e. The first-order valence-corrected chi connectivity index (χ1v) is 20.2. The highest BCUT2D eigenvalue weighted by molar-refractivity contribution is 5.83. The van der Waals surface area contributed by atoms with Gasteiger partial charge in [0.1, 0.15) is 0 Å². The second-order valence-corrected chi connectivity index (χ2v) is 14.8. The summed E-state index contributed by atoms with van der Waals surface area (Å²) in [5, 5.41) is 0. The largest absolute Gasteiger partial charge is 0.311 e. The Morgan fingerprint density at radius 1 is 0.203 bits per heavy atom. The second kappa shape index (κ2) is 16.9. The number of nitrogens with zero attached hydrogens (tertiary/aromatic N) is 3. The van der Waals surface area contributed by atoms with Crippen LogP contribution < -0.4 is 14.7 Å². The number of para-hydroxylation sites is 5. The van der Waals surface area contributed by atoms with E-state index >= 15 is 0 Å². The minimum atomic E-state index is 1.10. The van der Waals surface area contributed by atoms with Gasteiger partial charge < -0.3 is 14.7 Å². The molecule has 0 saturated carbocycles.